The monoisotopic (exact) mass is 570 g/mol. The van der Waals surface area contributed by atoms with E-state index in [0.29, 0.717) is 0 Å². The van der Waals surface area contributed by atoms with Gasteiger partial charge >= 0.3 is 11.9 Å². The molecule has 0 aliphatic rings. The molecular formula is C34H66O4S. The maximum atomic E-state index is 11.8. The Hall–Kier alpha value is -0.710. The highest BCUT2D eigenvalue weighted by Crippen LogP contribution is 2.30. The number of carboxylic acid groups (broad SMARTS) is 2. The van der Waals surface area contributed by atoms with Crippen LogP contribution < -0.4 is 0 Å². The lowest BCUT2D eigenvalue weighted by atomic mass is 9.91. The predicted octanol–water partition coefficient (Wildman–Crippen LogP) is 11.4. The Morgan fingerprint density at radius 3 is 1.05 bits per heavy atom. The number of carboxylic acids is 2. The molecular weight excluding hydrogens is 504 g/mol. The van der Waals surface area contributed by atoms with Gasteiger partial charge in [0, 0.05) is 0 Å². The van der Waals surface area contributed by atoms with Crippen molar-refractivity contribution in [3.8, 4) is 0 Å². The summed E-state index contributed by atoms with van der Waals surface area (Å²) < 4.78 is 0. The first-order valence-corrected chi connectivity index (χ1v) is 18.1. The fourth-order valence-electron chi connectivity index (χ4n) is 5.69. The van der Waals surface area contributed by atoms with Crippen LogP contribution in [0.4, 0.5) is 0 Å². The summed E-state index contributed by atoms with van der Waals surface area (Å²) in [5.74, 6) is -1.80. The summed E-state index contributed by atoms with van der Waals surface area (Å²) in [5.41, 5.74) is 0. The Bertz CT molecular complexity index is 539. The van der Waals surface area contributed by atoms with E-state index in [0.717, 1.165) is 43.9 Å². The maximum absolute atomic E-state index is 11.8. The van der Waals surface area contributed by atoms with E-state index < -0.39 is 17.2 Å². The molecule has 0 spiro atoms. The van der Waals surface area contributed by atoms with Crippen molar-refractivity contribution in [3.63, 3.8) is 0 Å². The normalized spacial score (nSPS) is 13.0. The topological polar surface area (TPSA) is 74.6 Å². The van der Waals surface area contributed by atoms with Crippen LogP contribution in [0.2, 0.25) is 0 Å². The molecule has 0 aromatic heterocycles. The molecule has 2 atom stereocenters. The van der Waals surface area contributed by atoms with Gasteiger partial charge in [-0.15, -0.1) is 11.8 Å². The average Bonchev–Trinajstić information content (AvgIpc) is 2.91. The highest BCUT2D eigenvalue weighted by Gasteiger charge is 2.28. The Kier molecular flexibility index (Phi) is 29.7. The van der Waals surface area contributed by atoms with Crippen LogP contribution in [0.15, 0.2) is 0 Å². The van der Waals surface area contributed by atoms with Crippen molar-refractivity contribution in [3.05, 3.63) is 0 Å². The molecule has 0 aliphatic heterocycles. The van der Waals surface area contributed by atoms with Gasteiger partial charge in [-0.05, 0) is 18.8 Å². The second-order valence-electron chi connectivity index (χ2n) is 11.9. The molecule has 2 unspecified atom stereocenters. The van der Waals surface area contributed by atoms with Gasteiger partial charge in [-0.3, -0.25) is 9.59 Å². The lowest BCUT2D eigenvalue weighted by molar-refractivity contribution is -0.137. The van der Waals surface area contributed by atoms with Crippen molar-refractivity contribution in [2.75, 3.05) is 5.75 Å². The lowest BCUT2D eigenvalue weighted by Crippen LogP contribution is -2.28. The van der Waals surface area contributed by atoms with Gasteiger partial charge < -0.3 is 10.2 Å². The van der Waals surface area contributed by atoms with E-state index in [4.69, 9.17) is 5.11 Å². The fraction of sp³-hybridized carbons (Fsp3) is 0.941. The molecule has 2 N–H and O–H groups in total. The molecule has 232 valence electrons. The van der Waals surface area contributed by atoms with Gasteiger partial charge in [-0.25, -0.2) is 0 Å². The van der Waals surface area contributed by atoms with E-state index in [2.05, 4.69) is 13.8 Å². The third-order valence-electron chi connectivity index (χ3n) is 8.16. The molecule has 0 radical (unpaired) electrons. The van der Waals surface area contributed by atoms with E-state index >= 15 is 0 Å². The summed E-state index contributed by atoms with van der Waals surface area (Å²) in [4.78, 5) is 22.8. The number of aliphatic carboxylic acids is 2. The lowest BCUT2D eigenvalue weighted by Gasteiger charge is -2.23. The predicted molar refractivity (Wildman–Crippen MR) is 171 cm³/mol. The number of hydrogen-bond donors (Lipinski definition) is 2. The SMILES string of the molecule is CCCCCCCCCCCCCCCCCCCCCCCC(CCCCCC)C(SCC(=O)O)C(=O)O. The first-order valence-electron chi connectivity index (χ1n) is 17.1. The van der Waals surface area contributed by atoms with Crippen molar-refractivity contribution in [2.45, 2.75) is 192 Å². The molecule has 0 rings (SSSR count). The largest absolute Gasteiger partial charge is 0.481 e. The van der Waals surface area contributed by atoms with E-state index in [1.54, 1.807) is 0 Å². The van der Waals surface area contributed by atoms with Gasteiger partial charge in [0.05, 0.1) is 5.75 Å². The molecule has 5 heteroatoms. The summed E-state index contributed by atoms with van der Waals surface area (Å²) in [7, 11) is 0. The van der Waals surface area contributed by atoms with E-state index in [1.165, 1.54) is 141 Å². The van der Waals surface area contributed by atoms with Crippen LogP contribution >= 0.6 is 11.8 Å². The van der Waals surface area contributed by atoms with Crippen molar-refractivity contribution in [1.82, 2.24) is 0 Å². The summed E-state index contributed by atoms with van der Waals surface area (Å²) in [6.45, 7) is 4.47. The molecule has 0 aromatic carbocycles. The molecule has 0 bridgehead atoms. The Labute approximate surface area is 247 Å². The van der Waals surface area contributed by atoms with Gasteiger partial charge in [-0.2, -0.15) is 0 Å². The van der Waals surface area contributed by atoms with Crippen LogP contribution in [-0.4, -0.2) is 33.2 Å². The Morgan fingerprint density at radius 2 is 0.769 bits per heavy atom. The van der Waals surface area contributed by atoms with Crippen LogP contribution in [0.5, 0.6) is 0 Å². The highest BCUT2D eigenvalue weighted by atomic mass is 32.2. The third-order valence-corrected chi connectivity index (χ3v) is 9.52. The van der Waals surface area contributed by atoms with Gasteiger partial charge in [0.2, 0.25) is 0 Å². The zero-order chi connectivity index (χ0) is 28.8. The van der Waals surface area contributed by atoms with Crippen LogP contribution in [0.3, 0.4) is 0 Å². The summed E-state index contributed by atoms with van der Waals surface area (Å²) in [6, 6.07) is 0. The summed E-state index contributed by atoms with van der Waals surface area (Å²) in [6.07, 6.45) is 35.1. The van der Waals surface area contributed by atoms with Crippen molar-refractivity contribution in [2.24, 2.45) is 5.92 Å². The Balaban J connectivity index is 3.71. The minimum Gasteiger partial charge on any atom is -0.481 e. The quantitative estimate of drug-likeness (QED) is 0.0787. The van der Waals surface area contributed by atoms with Crippen LogP contribution in [0.25, 0.3) is 0 Å². The average molecular weight is 571 g/mol. The molecule has 0 saturated carbocycles. The zero-order valence-corrected chi connectivity index (χ0v) is 26.9. The van der Waals surface area contributed by atoms with Gasteiger partial charge in [0.15, 0.2) is 0 Å². The second kappa shape index (κ2) is 30.3. The number of hydrogen-bond acceptors (Lipinski definition) is 3. The highest BCUT2D eigenvalue weighted by molar-refractivity contribution is 8.01. The molecule has 0 aromatic rings. The Morgan fingerprint density at radius 1 is 0.487 bits per heavy atom. The van der Waals surface area contributed by atoms with Crippen molar-refractivity contribution >= 4 is 23.7 Å². The molecule has 0 amide bonds. The fourth-order valence-corrected chi connectivity index (χ4v) is 6.70. The molecule has 0 fully saturated rings. The molecule has 39 heavy (non-hydrogen) atoms. The van der Waals surface area contributed by atoms with Crippen LogP contribution in [0.1, 0.15) is 187 Å². The second-order valence-corrected chi connectivity index (χ2v) is 13.1. The molecule has 0 heterocycles. The van der Waals surface area contributed by atoms with E-state index in [1.807, 2.05) is 0 Å². The van der Waals surface area contributed by atoms with Gasteiger partial charge in [-0.1, -0.05) is 174 Å². The van der Waals surface area contributed by atoms with E-state index in [9.17, 15) is 14.7 Å². The first-order chi connectivity index (χ1) is 19.0. The molecule has 0 aliphatic carbocycles. The number of rotatable bonds is 32. The first kappa shape index (κ1) is 38.3. The summed E-state index contributed by atoms with van der Waals surface area (Å²) >= 11 is 1.10. The zero-order valence-electron chi connectivity index (χ0n) is 26.1. The number of unbranched alkanes of at least 4 members (excludes halogenated alkanes) is 23. The number of carbonyl (C=O) groups is 2. The van der Waals surface area contributed by atoms with Crippen LogP contribution in [0, 0.1) is 5.92 Å². The minimum atomic E-state index is -0.926. The van der Waals surface area contributed by atoms with E-state index in [-0.39, 0.29) is 11.7 Å². The van der Waals surface area contributed by atoms with Gasteiger partial charge in [0.1, 0.15) is 5.25 Å². The maximum Gasteiger partial charge on any atom is 0.316 e. The summed E-state index contributed by atoms with van der Waals surface area (Å²) in [5, 5.41) is 18.1. The molecule has 4 nitrogen and oxygen atoms in total. The van der Waals surface area contributed by atoms with Crippen LogP contribution in [-0.2, 0) is 9.59 Å². The molecule has 0 saturated heterocycles. The third kappa shape index (κ3) is 27.2. The smallest absolute Gasteiger partial charge is 0.316 e. The van der Waals surface area contributed by atoms with Gasteiger partial charge in [0.25, 0.3) is 0 Å². The standard InChI is InChI=1S/C34H66O4S/c1-3-5-7-9-10-11-12-13-14-15-16-17-18-19-20-21-22-23-24-25-27-29-31(28-26-8-6-4-2)33(34(37)38)39-30-32(35)36/h31,33H,3-30H2,1-2H3,(H,35,36)(H,37,38). The van der Waals surface area contributed by atoms with Crippen molar-refractivity contribution < 1.29 is 19.8 Å². The minimum absolute atomic E-state index is 0.0871. The van der Waals surface area contributed by atoms with Crippen molar-refractivity contribution in [1.29, 1.82) is 0 Å². The number of thioether (sulfide) groups is 1.